The van der Waals surface area contributed by atoms with E-state index in [1.54, 1.807) is 23.1 Å². The second-order valence-corrected chi connectivity index (χ2v) is 8.38. The topological polar surface area (TPSA) is 77.6 Å². The van der Waals surface area contributed by atoms with Crippen molar-refractivity contribution in [3.8, 4) is 10.7 Å². The lowest BCUT2D eigenvalue weighted by molar-refractivity contribution is -0.113. The Hall–Kier alpha value is -2.91. The molecule has 0 bridgehead atoms. The molecule has 1 N–H and O–H groups in total. The van der Waals surface area contributed by atoms with Gasteiger partial charge in [-0.2, -0.15) is 5.10 Å². The third-order valence-electron chi connectivity index (χ3n) is 4.24. The van der Waals surface area contributed by atoms with Crippen LogP contribution in [-0.4, -0.2) is 36.2 Å². The molecule has 0 atom stereocenters. The molecule has 9 heteroatoms. The minimum atomic E-state index is -0.107. The summed E-state index contributed by atoms with van der Waals surface area (Å²) in [4.78, 5) is 13.5. The molecule has 0 saturated heterocycles. The first-order chi connectivity index (χ1) is 14.1. The Bertz CT molecular complexity index is 1100. The highest BCUT2D eigenvalue weighted by atomic mass is 32.2. The minimum Gasteiger partial charge on any atom is -0.310 e. The van der Waals surface area contributed by atoms with Crippen molar-refractivity contribution in [1.82, 2.24) is 24.5 Å². The van der Waals surface area contributed by atoms with Gasteiger partial charge in [0.25, 0.3) is 0 Å². The van der Waals surface area contributed by atoms with Crippen LogP contribution in [0.4, 0.5) is 5.82 Å². The molecule has 0 saturated carbocycles. The Morgan fingerprint density at radius 1 is 1.17 bits per heavy atom. The van der Waals surface area contributed by atoms with Gasteiger partial charge in [-0.1, -0.05) is 48.2 Å². The molecule has 1 amide bonds. The zero-order valence-corrected chi connectivity index (χ0v) is 17.7. The fourth-order valence-electron chi connectivity index (χ4n) is 2.93. The summed E-state index contributed by atoms with van der Waals surface area (Å²) in [6.07, 6.45) is 0. The fraction of sp³-hybridized carbons (Fsp3) is 0.200. The van der Waals surface area contributed by atoms with Crippen molar-refractivity contribution in [1.29, 1.82) is 0 Å². The minimum absolute atomic E-state index is 0.107. The van der Waals surface area contributed by atoms with Gasteiger partial charge in [0.2, 0.25) is 5.91 Å². The van der Waals surface area contributed by atoms with E-state index in [1.165, 1.54) is 11.8 Å². The molecule has 0 aliphatic carbocycles. The van der Waals surface area contributed by atoms with Crippen LogP contribution in [0.5, 0.6) is 0 Å². The number of aromatic nitrogens is 5. The van der Waals surface area contributed by atoms with E-state index in [1.807, 2.05) is 48.7 Å². The van der Waals surface area contributed by atoms with E-state index in [2.05, 4.69) is 37.3 Å². The summed E-state index contributed by atoms with van der Waals surface area (Å²) in [5, 5.41) is 18.6. The van der Waals surface area contributed by atoms with Crippen LogP contribution in [0.3, 0.4) is 0 Å². The van der Waals surface area contributed by atoms with Crippen LogP contribution in [-0.2, 0) is 18.4 Å². The second kappa shape index (κ2) is 8.62. The molecule has 7 nitrogen and oxygen atoms in total. The Morgan fingerprint density at radius 3 is 2.69 bits per heavy atom. The van der Waals surface area contributed by atoms with Crippen molar-refractivity contribution < 1.29 is 4.79 Å². The van der Waals surface area contributed by atoms with E-state index < -0.39 is 0 Å². The number of thioether (sulfide) groups is 1. The number of amides is 1. The smallest absolute Gasteiger partial charge is 0.235 e. The summed E-state index contributed by atoms with van der Waals surface area (Å²) < 4.78 is 3.72. The van der Waals surface area contributed by atoms with E-state index in [-0.39, 0.29) is 11.7 Å². The van der Waals surface area contributed by atoms with Crippen LogP contribution < -0.4 is 5.32 Å². The number of benzene rings is 1. The van der Waals surface area contributed by atoms with Gasteiger partial charge in [0.05, 0.1) is 22.9 Å². The predicted octanol–water partition coefficient (Wildman–Crippen LogP) is 3.83. The van der Waals surface area contributed by atoms with E-state index in [4.69, 9.17) is 0 Å². The highest BCUT2D eigenvalue weighted by Crippen LogP contribution is 2.28. The quantitative estimate of drug-likeness (QED) is 0.456. The number of carbonyl (C=O) groups is 1. The Kier molecular flexibility index (Phi) is 5.77. The van der Waals surface area contributed by atoms with Gasteiger partial charge in [-0.3, -0.25) is 14.0 Å². The average molecular weight is 425 g/mol. The maximum absolute atomic E-state index is 12.4. The van der Waals surface area contributed by atoms with Gasteiger partial charge < -0.3 is 5.32 Å². The summed E-state index contributed by atoms with van der Waals surface area (Å²) in [7, 11) is 1.81. The van der Waals surface area contributed by atoms with Gasteiger partial charge in [0.1, 0.15) is 5.82 Å². The van der Waals surface area contributed by atoms with Crippen molar-refractivity contribution in [2.75, 3.05) is 11.1 Å². The molecule has 0 aliphatic heterocycles. The van der Waals surface area contributed by atoms with E-state index in [0.29, 0.717) is 17.5 Å². The monoisotopic (exact) mass is 424 g/mol. The molecule has 3 aromatic heterocycles. The number of hydrogen-bond donors (Lipinski definition) is 1. The summed E-state index contributed by atoms with van der Waals surface area (Å²) in [5.74, 6) is 1.62. The molecule has 4 rings (SSSR count). The number of rotatable bonds is 7. The first kappa shape index (κ1) is 19.4. The third-order valence-corrected chi connectivity index (χ3v) is 6.08. The predicted molar refractivity (Wildman–Crippen MR) is 116 cm³/mol. The van der Waals surface area contributed by atoms with Crippen molar-refractivity contribution in [2.45, 2.75) is 18.6 Å². The SMILES string of the molecule is Cc1cc(NC(=O)CSc2nnc(-c3cccs3)n2Cc2ccccc2)n(C)n1. The van der Waals surface area contributed by atoms with Crippen molar-refractivity contribution in [2.24, 2.45) is 7.05 Å². The molecule has 148 valence electrons. The number of nitrogens with zero attached hydrogens (tertiary/aromatic N) is 5. The number of carbonyl (C=O) groups excluding carboxylic acids is 1. The molecule has 4 aromatic rings. The standard InChI is InChI=1S/C20H20N6OS2/c1-14-11-17(25(2)24-14)21-18(27)13-29-20-23-22-19(16-9-6-10-28-16)26(20)12-15-7-4-3-5-8-15/h3-11H,12-13H2,1-2H3,(H,21,27). The molecule has 0 fully saturated rings. The van der Waals surface area contributed by atoms with Crippen LogP contribution in [0.1, 0.15) is 11.3 Å². The van der Waals surface area contributed by atoms with E-state index in [9.17, 15) is 4.79 Å². The number of anilines is 1. The molecule has 1 aromatic carbocycles. The summed E-state index contributed by atoms with van der Waals surface area (Å²) in [6, 6.07) is 16.0. The third kappa shape index (κ3) is 4.57. The summed E-state index contributed by atoms with van der Waals surface area (Å²) in [6.45, 7) is 2.54. The first-order valence-corrected chi connectivity index (χ1v) is 10.9. The highest BCUT2D eigenvalue weighted by molar-refractivity contribution is 7.99. The number of aryl methyl sites for hydroxylation is 2. The zero-order valence-electron chi connectivity index (χ0n) is 16.1. The lowest BCUT2D eigenvalue weighted by Gasteiger charge is -2.10. The lowest BCUT2D eigenvalue weighted by Crippen LogP contribution is -2.17. The van der Waals surface area contributed by atoms with E-state index >= 15 is 0 Å². The number of thiophene rings is 1. The Labute approximate surface area is 176 Å². The molecule has 3 heterocycles. The number of hydrogen-bond acceptors (Lipinski definition) is 6. The van der Waals surface area contributed by atoms with Crippen LogP contribution in [0, 0.1) is 6.92 Å². The average Bonchev–Trinajstić information content (AvgIpc) is 3.42. The Balaban J connectivity index is 1.52. The maximum Gasteiger partial charge on any atom is 0.235 e. The van der Waals surface area contributed by atoms with Crippen LogP contribution >= 0.6 is 23.1 Å². The fourth-order valence-corrected chi connectivity index (χ4v) is 4.38. The number of nitrogens with one attached hydrogen (secondary N) is 1. The van der Waals surface area contributed by atoms with Crippen molar-refractivity contribution >= 4 is 34.8 Å². The zero-order chi connectivity index (χ0) is 20.2. The molecular formula is C20H20N6OS2. The molecule has 0 unspecified atom stereocenters. The molecule has 0 spiro atoms. The largest absolute Gasteiger partial charge is 0.310 e. The second-order valence-electron chi connectivity index (χ2n) is 6.49. The molecular weight excluding hydrogens is 404 g/mol. The van der Waals surface area contributed by atoms with Crippen LogP contribution in [0.2, 0.25) is 0 Å². The van der Waals surface area contributed by atoms with Crippen LogP contribution in [0.15, 0.2) is 59.1 Å². The first-order valence-electron chi connectivity index (χ1n) is 9.04. The van der Waals surface area contributed by atoms with Gasteiger partial charge in [-0.05, 0) is 23.9 Å². The van der Waals surface area contributed by atoms with Gasteiger partial charge in [-0.25, -0.2) is 0 Å². The molecule has 0 aliphatic rings. The highest BCUT2D eigenvalue weighted by Gasteiger charge is 2.17. The van der Waals surface area contributed by atoms with Gasteiger partial charge in [-0.15, -0.1) is 21.5 Å². The summed E-state index contributed by atoms with van der Waals surface area (Å²) >= 11 is 3.00. The summed E-state index contributed by atoms with van der Waals surface area (Å²) in [5.41, 5.74) is 2.01. The van der Waals surface area contributed by atoms with Crippen molar-refractivity contribution in [3.63, 3.8) is 0 Å². The maximum atomic E-state index is 12.4. The normalized spacial score (nSPS) is 11.0. The van der Waals surface area contributed by atoms with Gasteiger partial charge >= 0.3 is 0 Å². The van der Waals surface area contributed by atoms with Crippen molar-refractivity contribution in [3.05, 3.63) is 65.2 Å². The molecule has 0 radical (unpaired) electrons. The van der Waals surface area contributed by atoms with E-state index in [0.717, 1.165) is 22.0 Å². The van der Waals surface area contributed by atoms with Crippen LogP contribution in [0.25, 0.3) is 10.7 Å². The Morgan fingerprint density at radius 2 is 2.00 bits per heavy atom. The van der Waals surface area contributed by atoms with Gasteiger partial charge in [0, 0.05) is 13.1 Å². The lowest BCUT2D eigenvalue weighted by atomic mass is 10.2. The van der Waals surface area contributed by atoms with Gasteiger partial charge in [0.15, 0.2) is 11.0 Å². The molecule has 29 heavy (non-hydrogen) atoms.